The second kappa shape index (κ2) is 10.1. The summed E-state index contributed by atoms with van der Waals surface area (Å²) < 4.78 is 5.45. The van der Waals surface area contributed by atoms with Gasteiger partial charge in [-0.3, -0.25) is 0 Å². The Labute approximate surface area is 231 Å². The van der Waals surface area contributed by atoms with Crippen molar-refractivity contribution in [2.24, 2.45) is 5.41 Å². The molecule has 0 radical (unpaired) electrons. The molecule has 2 aliphatic rings. The van der Waals surface area contributed by atoms with E-state index in [1.807, 2.05) is 0 Å². The molecule has 1 spiro atoms. The van der Waals surface area contributed by atoms with Gasteiger partial charge in [0.25, 0.3) is 0 Å². The number of carboxylic acid groups (broad SMARTS) is 1. The molecule has 176 valence electrons. The summed E-state index contributed by atoms with van der Waals surface area (Å²) in [5.74, 6) is 0.112. The van der Waals surface area contributed by atoms with E-state index in [4.69, 9.17) is 4.74 Å². The van der Waals surface area contributed by atoms with Crippen LogP contribution in [0.4, 0.5) is 0 Å². The molecule has 0 aromatic heterocycles. The molecular formula is C31H33NaO3. The van der Waals surface area contributed by atoms with Crippen LogP contribution in [0.5, 0.6) is 5.75 Å². The minimum Gasteiger partial charge on any atom is -0.550 e. The molecular weight excluding hydrogens is 443 g/mol. The Morgan fingerprint density at radius 2 is 1.74 bits per heavy atom. The fraction of sp³-hybridized carbons (Fsp3) is 0.387. The normalized spacial score (nSPS) is 17.1. The van der Waals surface area contributed by atoms with Gasteiger partial charge in [0.15, 0.2) is 0 Å². The second-order valence-electron chi connectivity index (χ2n) is 10.4. The van der Waals surface area contributed by atoms with Crippen molar-refractivity contribution in [2.45, 2.75) is 65.2 Å². The number of benzene rings is 3. The Morgan fingerprint density at radius 3 is 2.37 bits per heavy atom. The molecule has 4 heteroatoms. The van der Waals surface area contributed by atoms with Gasteiger partial charge in [-0.2, -0.15) is 0 Å². The van der Waals surface area contributed by atoms with Crippen LogP contribution in [0.1, 0.15) is 64.1 Å². The topological polar surface area (TPSA) is 49.4 Å². The maximum Gasteiger partial charge on any atom is 1.00 e. The van der Waals surface area contributed by atoms with Gasteiger partial charge >= 0.3 is 29.6 Å². The standard InChI is InChI=1S/C31H34O3.Na/c1-19-14-25(34-4)15-20(2)30(19)26-7-5-6-23(21(26)3)10-8-22-9-11-27-24(16-22)18-31(12-13-31)28(27)17-29(32)33;/h5-7,9,11,14-16,28H,8,10,12-13,17-18H2,1-4H3,(H,32,33);/q;+1/p-1. The third kappa shape index (κ3) is 4.96. The fourth-order valence-electron chi connectivity index (χ4n) is 6.29. The number of aryl methyl sites for hydroxylation is 4. The smallest absolute Gasteiger partial charge is 0.550 e. The van der Waals surface area contributed by atoms with Crippen molar-refractivity contribution in [3.8, 4) is 16.9 Å². The number of aliphatic carboxylic acids is 1. The molecule has 0 amide bonds. The molecule has 3 nitrogen and oxygen atoms in total. The fourth-order valence-corrected chi connectivity index (χ4v) is 6.29. The number of fused-ring (bicyclic) bond motifs is 1. The Hall–Kier alpha value is -2.07. The van der Waals surface area contributed by atoms with Crippen LogP contribution in [0.2, 0.25) is 0 Å². The number of rotatable bonds is 7. The largest absolute Gasteiger partial charge is 1.00 e. The van der Waals surface area contributed by atoms with Crippen molar-refractivity contribution in [2.75, 3.05) is 7.11 Å². The molecule has 0 aliphatic heterocycles. The molecule has 5 rings (SSSR count). The molecule has 2 aliphatic carbocycles. The number of hydrogen-bond acceptors (Lipinski definition) is 3. The Bertz CT molecular complexity index is 1250. The molecule has 1 unspecified atom stereocenters. The summed E-state index contributed by atoms with van der Waals surface area (Å²) in [6.45, 7) is 6.54. The number of ether oxygens (including phenoxy) is 1. The summed E-state index contributed by atoms with van der Waals surface area (Å²) in [6.07, 6.45) is 5.44. The van der Waals surface area contributed by atoms with Gasteiger partial charge in [-0.05, 0) is 133 Å². The molecule has 0 heterocycles. The van der Waals surface area contributed by atoms with Crippen LogP contribution >= 0.6 is 0 Å². The predicted molar refractivity (Wildman–Crippen MR) is 134 cm³/mol. The van der Waals surface area contributed by atoms with Gasteiger partial charge in [-0.25, -0.2) is 0 Å². The number of methoxy groups -OCH3 is 1. The van der Waals surface area contributed by atoms with Crippen molar-refractivity contribution in [3.05, 3.63) is 87.5 Å². The maximum absolute atomic E-state index is 11.3. The zero-order valence-electron chi connectivity index (χ0n) is 21.7. The molecule has 0 saturated heterocycles. The van der Waals surface area contributed by atoms with E-state index in [1.165, 1.54) is 50.1 Å². The third-order valence-corrected chi connectivity index (χ3v) is 8.27. The monoisotopic (exact) mass is 476 g/mol. The van der Waals surface area contributed by atoms with Crippen LogP contribution in [0.15, 0.2) is 48.5 Å². The maximum atomic E-state index is 11.3. The Kier molecular flexibility index (Phi) is 7.52. The Morgan fingerprint density at radius 1 is 1.03 bits per heavy atom. The third-order valence-electron chi connectivity index (χ3n) is 8.27. The first-order chi connectivity index (χ1) is 16.3. The van der Waals surface area contributed by atoms with Gasteiger partial charge in [0, 0.05) is 5.97 Å². The van der Waals surface area contributed by atoms with E-state index < -0.39 is 5.97 Å². The molecule has 0 N–H and O–H groups in total. The number of carbonyl (C=O) groups is 1. The summed E-state index contributed by atoms with van der Waals surface area (Å²) >= 11 is 0. The number of carbonyl (C=O) groups excluding carboxylic acids is 1. The van der Waals surface area contributed by atoms with E-state index in [9.17, 15) is 9.90 Å². The van der Waals surface area contributed by atoms with Gasteiger partial charge in [-0.15, -0.1) is 0 Å². The summed E-state index contributed by atoms with van der Waals surface area (Å²) in [6, 6.07) is 17.6. The van der Waals surface area contributed by atoms with Crippen molar-refractivity contribution in [3.63, 3.8) is 0 Å². The van der Waals surface area contributed by atoms with Gasteiger partial charge in [0.2, 0.25) is 0 Å². The van der Waals surface area contributed by atoms with Crippen LogP contribution in [-0.2, 0) is 24.1 Å². The summed E-state index contributed by atoms with van der Waals surface area (Å²) in [4.78, 5) is 11.3. The van der Waals surface area contributed by atoms with Crippen molar-refractivity contribution < 1.29 is 44.2 Å². The van der Waals surface area contributed by atoms with E-state index in [1.54, 1.807) is 7.11 Å². The van der Waals surface area contributed by atoms with Gasteiger partial charge < -0.3 is 14.6 Å². The van der Waals surface area contributed by atoms with Crippen LogP contribution in [0.3, 0.4) is 0 Å². The summed E-state index contributed by atoms with van der Waals surface area (Å²) in [5.41, 5.74) is 11.9. The minimum atomic E-state index is -0.925. The predicted octanol–water partition coefficient (Wildman–Crippen LogP) is 2.64. The van der Waals surface area contributed by atoms with E-state index in [0.717, 1.165) is 37.9 Å². The van der Waals surface area contributed by atoms with Gasteiger partial charge in [0.05, 0.1) is 7.11 Å². The summed E-state index contributed by atoms with van der Waals surface area (Å²) in [5, 5.41) is 11.3. The van der Waals surface area contributed by atoms with Crippen LogP contribution in [0.25, 0.3) is 11.1 Å². The van der Waals surface area contributed by atoms with Crippen molar-refractivity contribution in [1.82, 2.24) is 0 Å². The summed E-state index contributed by atoms with van der Waals surface area (Å²) in [7, 11) is 1.71. The van der Waals surface area contributed by atoms with Gasteiger partial charge in [-0.1, -0.05) is 36.4 Å². The first-order valence-corrected chi connectivity index (χ1v) is 12.4. The zero-order chi connectivity index (χ0) is 24.0. The molecule has 1 fully saturated rings. The first-order valence-electron chi connectivity index (χ1n) is 12.4. The van der Waals surface area contributed by atoms with E-state index in [2.05, 4.69) is 69.3 Å². The van der Waals surface area contributed by atoms with Gasteiger partial charge in [0.1, 0.15) is 5.75 Å². The number of hydrogen-bond donors (Lipinski definition) is 0. The molecule has 35 heavy (non-hydrogen) atoms. The molecule has 1 saturated carbocycles. The minimum absolute atomic E-state index is 0. The van der Waals surface area contributed by atoms with Crippen LogP contribution in [0, 0.1) is 26.2 Å². The van der Waals surface area contributed by atoms with Crippen LogP contribution < -0.4 is 39.4 Å². The average molecular weight is 477 g/mol. The SMILES string of the molecule is COc1cc(C)c(-c2cccc(CCc3ccc4c(c3)CC3(CC3)C4CC(=O)[O-])c2C)c(C)c1.[Na+]. The molecule has 3 aromatic rings. The van der Waals surface area contributed by atoms with E-state index in [-0.39, 0.29) is 47.3 Å². The van der Waals surface area contributed by atoms with Crippen LogP contribution in [-0.4, -0.2) is 13.1 Å². The zero-order valence-corrected chi connectivity index (χ0v) is 23.7. The quantitative estimate of drug-likeness (QED) is 0.493. The molecule has 3 aromatic carbocycles. The van der Waals surface area contributed by atoms with Crippen molar-refractivity contribution in [1.29, 1.82) is 0 Å². The second-order valence-corrected chi connectivity index (χ2v) is 10.4. The Balaban J connectivity index is 0.00000289. The first kappa shape index (κ1) is 26.0. The molecule has 0 bridgehead atoms. The molecule has 1 atom stereocenters. The van der Waals surface area contributed by atoms with E-state index in [0.29, 0.717) is 0 Å². The van der Waals surface area contributed by atoms with Crippen molar-refractivity contribution >= 4 is 5.97 Å². The van der Waals surface area contributed by atoms with E-state index >= 15 is 0 Å². The number of carboxylic acids is 1. The average Bonchev–Trinajstić information content (AvgIpc) is 3.51.